The van der Waals surface area contributed by atoms with Crippen LogP contribution < -0.4 is 11.3 Å². The molecule has 0 unspecified atom stereocenters. The molecule has 1 aliphatic heterocycles. The second kappa shape index (κ2) is 6.88. The molecule has 20 heavy (non-hydrogen) atoms. The number of nitrogens with one attached hydrogen (secondary N) is 1. The molecule has 2 heterocycles. The predicted molar refractivity (Wildman–Crippen MR) is 76.9 cm³/mol. The average Bonchev–Trinajstić information content (AvgIpc) is 2.88. The van der Waals surface area contributed by atoms with Crippen molar-refractivity contribution in [2.24, 2.45) is 11.8 Å². The fourth-order valence-corrected chi connectivity index (χ4v) is 2.73. The fourth-order valence-electron chi connectivity index (χ4n) is 2.73. The third-order valence-electron chi connectivity index (χ3n) is 3.76. The van der Waals surface area contributed by atoms with E-state index in [4.69, 9.17) is 10.3 Å². The first-order valence-electron chi connectivity index (χ1n) is 7.04. The number of amides is 1. The molecule has 1 aromatic rings. The number of furan rings is 1. The Bertz CT molecular complexity index is 436. The number of hydrazine groups is 1. The normalized spacial score (nSPS) is 17.6. The van der Waals surface area contributed by atoms with Gasteiger partial charge in [0.15, 0.2) is 0 Å². The van der Waals surface area contributed by atoms with Gasteiger partial charge in [-0.15, -0.1) is 0 Å². The van der Waals surface area contributed by atoms with Gasteiger partial charge in [0.1, 0.15) is 12.0 Å². The molecule has 2 rings (SSSR count). The maximum absolute atomic E-state index is 11.4. The molecule has 6 heteroatoms. The number of nitrogens with zero attached hydrogens (tertiary/aromatic N) is 2. The molecule has 0 atom stereocenters. The van der Waals surface area contributed by atoms with Crippen molar-refractivity contribution < 1.29 is 9.21 Å². The standard InChI is InChI=1S/C14H24N4O2/c1-17(2)8-11-3-5-18(6-4-11)9-13-7-12(10-20-13)14(19)16-15/h7,10-11H,3-6,8-9,15H2,1-2H3,(H,16,19). The highest BCUT2D eigenvalue weighted by Gasteiger charge is 2.20. The highest BCUT2D eigenvalue weighted by molar-refractivity contribution is 5.93. The molecule has 1 aromatic heterocycles. The van der Waals surface area contributed by atoms with Crippen LogP contribution in [0.4, 0.5) is 0 Å². The van der Waals surface area contributed by atoms with Gasteiger partial charge >= 0.3 is 0 Å². The lowest BCUT2D eigenvalue weighted by atomic mass is 9.96. The first-order chi connectivity index (χ1) is 9.58. The van der Waals surface area contributed by atoms with Gasteiger partial charge in [-0.2, -0.15) is 0 Å². The third-order valence-corrected chi connectivity index (χ3v) is 3.76. The molecule has 0 aromatic carbocycles. The first-order valence-corrected chi connectivity index (χ1v) is 7.04. The number of nitrogen functional groups attached to an aromatic ring is 1. The summed E-state index contributed by atoms with van der Waals surface area (Å²) < 4.78 is 5.42. The molecule has 1 aliphatic rings. The second-order valence-corrected chi connectivity index (χ2v) is 5.76. The Morgan fingerprint density at radius 2 is 2.20 bits per heavy atom. The molecule has 3 N–H and O–H groups in total. The zero-order chi connectivity index (χ0) is 14.5. The van der Waals surface area contributed by atoms with Gasteiger partial charge in [-0.1, -0.05) is 0 Å². The van der Waals surface area contributed by atoms with Crippen LogP contribution >= 0.6 is 0 Å². The first kappa shape index (κ1) is 15.0. The third kappa shape index (κ3) is 4.06. The van der Waals surface area contributed by atoms with Crippen molar-refractivity contribution in [1.82, 2.24) is 15.2 Å². The number of likely N-dealkylation sites (tertiary alicyclic amines) is 1. The van der Waals surface area contributed by atoms with Gasteiger partial charge in [-0.05, 0) is 52.0 Å². The van der Waals surface area contributed by atoms with Crippen molar-refractivity contribution in [2.45, 2.75) is 19.4 Å². The second-order valence-electron chi connectivity index (χ2n) is 5.76. The van der Waals surface area contributed by atoms with E-state index in [0.717, 1.165) is 37.9 Å². The summed E-state index contributed by atoms with van der Waals surface area (Å²) in [6.45, 7) is 4.08. The Kier molecular flexibility index (Phi) is 5.17. The van der Waals surface area contributed by atoms with Gasteiger partial charge in [0.05, 0.1) is 12.1 Å². The maximum atomic E-state index is 11.4. The summed E-state index contributed by atoms with van der Waals surface area (Å²) in [5.74, 6) is 6.38. The topological polar surface area (TPSA) is 74.7 Å². The molecule has 0 radical (unpaired) electrons. The Balaban J connectivity index is 1.80. The average molecular weight is 280 g/mol. The molecule has 1 saturated heterocycles. The Morgan fingerprint density at radius 3 is 2.80 bits per heavy atom. The maximum Gasteiger partial charge on any atom is 0.268 e. The molecule has 6 nitrogen and oxygen atoms in total. The van der Waals surface area contributed by atoms with Crippen LogP contribution in [0.25, 0.3) is 0 Å². The SMILES string of the molecule is CN(C)CC1CCN(Cc2cc(C(=O)NN)co2)CC1. The smallest absolute Gasteiger partial charge is 0.268 e. The predicted octanol–water partition coefficient (Wildman–Crippen LogP) is 0.657. The molecular weight excluding hydrogens is 256 g/mol. The van der Waals surface area contributed by atoms with Crippen LogP contribution in [0.5, 0.6) is 0 Å². The number of carbonyl (C=O) groups is 1. The summed E-state index contributed by atoms with van der Waals surface area (Å²) in [5.41, 5.74) is 2.58. The number of nitrogens with two attached hydrogens (primary N) is 1. The Hall–Kier alpha value is -1.37. The Morgan fingerprint density at radius 1 is 1.50 bits per heavy atom. The van der Waals surface area contributed by atoms with Crippen molar-refractivity contribution >= 4 is 5.91 Å². The van der Waals surface area contributed by atoms with Crippen LogP contribution in [0.15, 0.2) is 16.7 Å². The van der Waals surface area contributed by atoms with Crippen molar-refractivity contribution in [3.8, 4) is 0 Å². The van der Waals surface area contributed by atoms with Crippen molar-refractivity contribution in [3.63, 3.8) is 0 Å². The van der Waals surface area contributed by atoms with Crippen LogP contribution in [-0.4, -0.2) is 49.4 Å². The number of carbonyl (C=O) groups excluding carboxylic acids is 1. The number of piperidine rings is 1. The van der Waals surface area contributed by atoms with Crippen molar-refractivity contribution in [1.29, 1.82) is 0 Å². The summed E-state index contributed by atoms with van der Waals surface area (Å²) in [5, 5.41) is 0. The molecule has 0 bridgehead atoms. The van der Waals surface area contributed by atoms with Gasteiger partial charge in [-0.25, -0.2) is 5.84 Å². The van der Waals surface area contributed by atoms with E-state index < -0.39 is 0 Å². The summed E-state index contributed by atoms with van der Waals surface area (Å²) in [6, 6.07) is 1.76. The van der Waals surface area contributed by atoms with Gasteiger partial charge in [0.25, 0.3) is 5.91 Å². The van der Waals surface area contributed by atoms with E-state index in [9.17, 15) is 4.79 Å². The van der Waals surface area contributed by atoms with E-state index in [0.29, 0.717) is 5.56 Å². The molecular formula is C14H24N4O2. The monoisotopic (exact) mass is 280 g/mol. The minimum Gasteiger partial charge on any atom is -0.467 e. The van der Waals surface area contributed by atoms with Gasteiger partial charge < -0.3 is 9.32 Å². The van der Waals surface area contributed by atoms with E-state index in [2.05, 4.69) is 29.3 Å². The lowest BCUT2D eigenvalue weighted by Gasteiger charge is -2.32. The molecule has 112 valence electrons. The van der Waals surface area contributed by atoms with Gasteiger partial charge in [-0.3, -0.25) is 15.1 Å². The van der Waals surface area contributed by atoms with Crippen LogP contribution in [0, 0.1) is 5.92 Å². The highest BCUT2D eigenvalue weighted by Crippen LogP contribution is 2.20. The minimum atomic E-state index is -0.315. The highest BCUT2D eigenvalue weighted by atomic mass is 16.3. The van der Waals surface area contributed by atoms with Crippen LogP contribution in [-0.2, 0) is 6.54 Å². The molecule has 1 fully saturated rings. The van der Waals surface area contributed by atoms with Gasteiger partial charge in [0, 0.05) is 6.54 Å². The molecule has 0 saturated carbocycles. The van der Waals surface area contributed by atoms with E-state index >= 15 is 0 Å². The zero-order valence-corrected chi connectivity index (χ0v) is 12.3. The lowest BCUT2D eigenvalue weighted by Crippen LogP contribution is -2.36. The fraction of sp³-hybridized carbons (Fsp3) is 0.643. The largest absolute Gasteiger partial charge is 0.467 e. The quantitative estimate of drug-likeness (QED) is 0.471. The van der Waals surface area contributed by atoms with Crippen molar-refractivity contribution in [2.75, 3.05) is 33.7 Å². The lowest BCUT2D eigenvalue weighted by molar-refractivity contribution is 0.0953. The van der Waals surface area contributed by atoms with E-state index in [1.807, 2.05) is 0 Å². The van der Waals surface area contributed by atoms with Crippen molar-refractivity contribution in [3.05, 3.63) is 23.7 Å². The van der Waals surface area contributed by atoms with Crippen LogP contribution in [0.3, 0.4) is 0 Å². The molecule has 1 amide bonds. The number of rotatable bonds is 5. The van der Waals surface area contributed by atoms with E-state index in [1.165, 1.54) is 19.1 Å². The number of hydrogen-bond donors (Lipinski definition) is 2. The summed E-state index contributed by atoms with van der Waals surface area (Å²) >= 11 is 0. The summed E-state index contributed by atoms with van der Waals surface area (Å²) in [4.78, 5) is 16.0. The van der Waals surface area contributed by atoms with Gasteiger partial charge in [0.2, 0.25) is 0 Å². The zero-order valence-electron chi connectivity index (χ0n) is 12.3. The van der Waals surface area contributed by atoms with E-state index in [-0.39, 0.29) is 5.91 Å². The molecule has 0 spiro atoms. The summed E-state index contributed by atoms with van der Waals surface area (Å²) in [7, 11) is 4.25. The minimum absolute atomic E-state index is 0.315. The number of hydrogen-bond acceptors (Lipinski definition) is 5. The van der Waals surface area contributed by atoms with E-state index in [1.54, 1.807) is 6.07 Å². The Labute approximate surface area is 119 Å². The summed E-state index contributed by atoms with van der Waals surface area (Å²) in [6.07, 6.45) is 3.89. The molecule has 0 aliphatic carbocycles. The van der Waals surface area contributed by atoms with Crippen LogP contribution in [0.1, 0.15) is 29.0 Å². The van der Waals surface area contributed by atoms with Crippen LogP contribution in [0.2, 0.25) is 0 Å².